The molecule has 0 radical (unpaired) electrons. The largest absolute Gasteiger partial charge is 0.453 e. The van der Waals surface area contributed by atoms with Crippen LogP contribution in [0.15, 0.2) is 136 Å². The molecule has 226 valence electrons. The standard InChI is InChI=1S/C41H34N2O2S/c1-2-3-4-9-23-42-37-20-17-29(25-40(37)46-41-26-30(18-21-38(41)42)39-22-19-32(27-44)45-39)28-11-10-12-31(24-28)43-35-15-7-5-13-33(35)34-14-6-8-16-36(34)43/h5-8,10-22,24-27H,2-4,9,23H2,1H3. The lowest BCUT2D eigenvalue weighted by Crippen LogP contribution is -2.22. The van der Waals surface area contributed by atoms with Crippen LogP contribution in [0.4, 0.5) is 11.4 Å². The fourth-order valence-corrected chi connectivity index (χ4v) is 7.93. The van der Waals surface area contributed by atoms with Crippen LogP contribution in [0.1, 0.15) is 43.2 Å². The molecule has 0 fully saturated rings. The van der Waals surface area contributed by atoms with Crippen LogP contribution < -0.4 is 4.90 Å². The van der Waals surface area contributed by atoms with Crippen LogP contribution in [0.2, 0.25) is 0 Å². The van der Waals surface area contributed by atoms with Gasteiger partial charge in [0, 0.05) is 38.4 Å². The SMILES string of the molecule is CCCCCCN1c2ccc(-c3cccc(-n4c5ccccc5c5ccccc54)c3)cc2Sc2cc(-c3ccc(C=O)o3)ccc21. The summed E-state index contributed by atoms with van der Waals surface area (Å²) >= 11 is 1.81. The average molecular weight is 619 g/mol. The van der Waals surface area contributed by atoms with Crippen LogP contribution in [-0.4, -0.2) is 17.4 Å². The first-order valence-corrected chi connectivity index (χ1v) is 16.9. The average Bonchev–Trinajstić information content (AvgIpc) is 3.72. The van der Waals surface area contributed by atoms with Crippen LogP contribution in [-0.2, 0) is 0 Å². The Morgan fingerprint density at radius 2 is 1.33 bits per heavy atom. The molecular weight excluding hydrogens is 585 g/mol. The summed E-state index contributed by atoms with van der Waals surface area (Å²) in [4.78, 5) is 16.2. The van der Waals surface area contributed by atoms with E-state index in [2.05, 4.69) is 126 Å². The van der Waals surface area contributed by atoms with Gasteiger partial charge in [-0.05, 0) is 84.3 Å². The molecular formula is C41H34N2O2S. The number of carbonyl (C=O) groups excluding carboxylic acids is 1. The quantitative estimate of drug-likeness (QED) is 0.119. The molecule has 1 aliphatic rings. The fraction of sp³-hybridized carbons (Fsp3) is 0.146. The topological polar surface area (TPSA) is 38.4 Å². The molecule has 5 heteroatoms. The van der Waals surface area contributed by atoms with Crippen LogP contribution >= 0.6 is 11.8 Å². The molecule has 0 N–H and O–H groups in total. The lowest BCUT2D eigenvalue weighted by Gasteiger charge is -2.33. The van der Waals surface area contributed by atoms with Crippen molar-refractivity contribution >= 4 is 51.2 Å². The van der Waals surface area contributed by atoms with Crippen molar-refractivity contribution in [2.24, 2.45) is 0 Å². The highest BCUT2D eigenvalue weighted by Gasteiger charge is 2.25. The number of hydrogen-bond donors (Lipinski definition) is 0. The highest BCUT2D eigenvalue weighted by Crippen LogP contribution is 2.50. The van der Waals surface area contributed by atoms with Crippen molar-refractivity contribution in [1.29, 1.82) is 0 Å². The number of rotatable bonds is 9. The Hall–Kier alpha value is -5.00. The normalized spacial score (nSPS) is 12.4. The second kappa shape index (κ2) is 12.1. The number of anilines is 2. The molecule has 0 spiro atoms. The highest BCUT2D eigenvalue weighted by molar-refractivity contribution is 7.99. The van der Waals surface area contributed by atoms with Gasteiger partial charge in [-0.25, -0.2) is 0 Å². The Balaban J connectivity index is 1.19. The van der Waals surface area contributed by atoms with Gasteiger partial charge in [0.2, 0.25) is 0 Å². The zero-order chi connectivity index (χ0) is 31.0. The Bertz CT molecular complexity index is 2170. The third kappa shape index (κ3) is 5.01. The predicted molar refractivity (Wildman–Crippen MR) is 191 cm³/mol. The summed E-state index contributed by atoms with van der Waals surface area (Å²) in [7, 11) is 0. The fourth-order valence-electron chi connectivity index (χ4n) is 6.75. The summed E-state index contributed by atoms with van der Waals surface area (Å²) in [5.41, 5.74) is 9.42. The number of hydrogen-bond acceptors (Lipinski definition) is 4. The van der Waals surface area contributed by atoms with Crippen molar-refractivity contribution < 1.29 is 9.21 Å². The number of aromatic nitrogens is 1. The molecule has 7 aromatic rings. The van der Waals surface area contributed by atoms with E-state index in [0.717, 1.165) is 30.5 Å². The monoisotopic (exact) mass is 618 g/mol. The first-order valence-electron chi connectivity index (χ1n) is 16.1. The molecule has 0 aliphatic carbocycles. The molecule has 2 aromatic heterocycles. The van der Waals surface area contributed by atoms with E-state index in [-0.39, 0.29) is 0 Å². The minimum atomic E-state index is 0.344. The number of para-hydroxylation sites is 2. The molecule has 0 saturated heterocycles. The molecule has 4 nitrogen and oxygen atoms in total. The third-order valence-electron chi connectivity index (χ3n) is 9.00. The smallest absolute Gasteiger partial charge is 0.185 e. The summed E-state index contributed by atoms with van der Waals surface area (Å²) in [5.74, 6) is 1.05. The Labute approximate surface area is 273 Å². The second-order valence-electron chi connectivity index (χ2n) is 11.9. The molecule has 0 amide bonds. The van der Waals surface area contributed by atoms with Gasteiger partial charge in [-0.15, -0.1) is 0 Å². The van der Waals surface area contributed by atoms with E-state index in [9.17, 15) is 4.79 Å². The van der Waals surface area contributed by atoms with Crippen LogP contribution in [0.25, 0.3) is 49.9 Å². The summed E-state index contributed by atoms with van der Waals surface area (Å²) in [6, 6.07) is 43.2. The van der Waals surface area contributed by atoms with Gasteiger partial charge in [-0.3, -0.25) is 4.79 Å². The van der Waals surface area contributed by atoms with Gasteiger partial charge in [0.25, 0.3) is 0 Å². The predicted octanol–water partition coefficient (Wildman–Crippen LogP) is 11.7. The summed E-state index contributed by atoms with van der Waals surface area (Å²) in [6.45, 7) is 3.23. The van der Waals surface area contributed by atoms with Gasteiger partial charge in [-0.2, -0.15) is 0 Å². The van der Waals surface area contributed by atoms with Gasteiger partial charge in [-0.1, -0.05) is 92.5 Å². The summed E-state index contributed by atoms with van der Waals surface area (Å²) in [5, 5.41) is 2.53. The van der Waals surface area contributed by atoms with E-state index in [1.807, 2.05) is 17.8 Å². The van der Waals surface area contributed by atoms with E-state index < -0.39 is 0 Å². The summed E-state index contributed by atoms with van der Waals surface area (Å²) < 4.78 is 8.15. The highest BCUT2D eigenvalue weighted by atomic mass is 32.2. The van der Waals surface area contributed by atoms with Crippen LogP contribution in [0.5, 0.6) is 0 Å². The first-order chi connectivity index (χ1) is 22.7. The maximum atomic E-state index is 11.3. The molecule has 0 unspecified atom stereocenters. The molecule has 0 saturated carbocycles. The maximum Gasteiger partial charge on any atom is 0.185 e. The zero-order valence-corrected chi connectivity index (χ0v) is 26.6. The number of furan rings is 1. The van der Waals surface area contributed by atoms with Crippen molar-refractivity contribution in [3.63, 3.8) is 0 Å². The minimum Gasteiger partial charge on any atom is -0.453 e. The Kier molecular flexibility index (Phi) is 7.47. The molecule has 0 bridgehead atoms. The molecule has 0 atom stereocenters. The molecule has 8 rings (SSSR count). The van der Waals surface area contributed by atoms with Crippen molar-refractivity contribution in [2.45, 2.75) is 42.4 Å². The van der Waals surface area contributed by atoms with Crippen molar-refractivity contribution in [3.05, 3.63) is 127 Å². The van der Waals surface area contributed by atoms with Crippen molar-refractivity contribution in [2.75, 3.05) is 11.4 Å². The number of aldehydes is 1. The van der Waals surface area contributed by atoms with E-state index in [0.29, 0.717) is 11.5 Å². The Morgan fingerprint density at radius 3 is 2.02 bits per heavy atom. The molecule has 46 heavy (non-hydrogen) atoms. The number of benzene rings is 5. The lowest BCUT2D eigenvalue weighted by atomic mass is 10.0. The number of carbonyl (C=O) groups is 1. The molecule has 1 aliphatic heterocycles. The Morgan fingerprint density at radius 1 is 0.652 bits per heavy atom. The molecule has 3 heterocycles. The van der Waals surface area contributed by atoms with E-state index in [1.165, 1.54) is 73.4 Å². The van der Waals surface area contributed by atoms with Gasteiger partial charge in [0.1, 0.15) is 5.76 Å². The minimum absolute atomic E-state index is 0.344. The third-order valence-corrected chi connectivity index (χ3v) is 10.1. The van der Waals surface area contributed by atoms with Crippen molar-refractivity contribution in [3.8, 4) is 28.1 Å². The van der Waals surface area contributed by atoms with Gasteiger partial charge in [0.15, 0.2) is 12.0 Å². The maximum absolute atomic E-state index is 11.3. The van der Waals surface area contributed by atoms with Crippen LogP contribution in [0, 0.1) is 0 Å². The van der Waals surface area contributed by atoms with E-state index >= 15 is 0 Å². The zero-order valence-electron chi connectivity index (χ0n) is 25.8. The first kappa shape index (κ1) is 28.5. The van der Waals surface area contributed by atoms with E-state index in [1.54, 1.807) is 6.07 Å². The number of unbranched alkanes of at least 4 members (excludes halogenated alkanes) is 3. The number of nitrogens with zero attached hydrogens (tertiary/aromatic N) is 2. The molecule has 5 aromatic carbocycles. The van der Waals surface area contributed by atoms with Gasteiger partial charge < -0.3 is 13.9 Å². The van der Waals surface area contributed by atoms with Gasteiger partial charge >= 0.3 is 0 Å². The summed E-state index contributed by atoms with van der Waals surface area (Å²) in [6.07, 6.45) is 5.58. The number of fused-ring (bicyclic) bond motifs is 5. The van der Waals surface area contributed by atoms with E-state index in [4.69, 9.17) is 4.42 Å². The second-order valence-corrected chi connectivity index (χ2v) is 13.0. The van der Waals surface area contributed by atoms with Gasteiger partial charge in [0.05, 0.1) is 22.4 Å². The van der Waals surface area contributed by atoms with Crippen LogP contribution in [0.3, 0.4) is 0 Å². The lowest BCUT2D eigenvalue weighted by molar-refractivity contribution is 0.110. The van der Waals surface area contributed by atoms with Crippen molar-refractivity contribution in [1.82, 2.24) is 4.57 Å².